The Hall–Kier alpha value is -4.24. The number of amides is 1. The molecule has 0 aliphatic carbocycles. The summed E-state index contributed by atoms with van der Waals surface area (Å²) in [5.41, 5.74) is 4.91. The molecule has 42 heavy (non-hydrogen) atoms. The number of sulfonamides is 1. The van der Waals surface area contributed by atoms with Crippen molar-refractivity contribution in [2.45, 2.75) is 58.6 Å². The lowest BCUT2D eigenvalue weighted by molar-refractivity contribution is -0.118. The second-order valence-corrected chi connectivity index (χ2v) is 13.1. The van der Waals surface area contributed by atoms with E-state index < -0.39 is 27.5 Å². The van der Waals surface area contributed by atoms with E-state index in [1.165, 1.54) is 18.2 Å². The van der Waals surface area contributed by atoms with E-state index in [1.54, 1.807) is 28.8 Å². The van der Waals surface area contributed by atoms with E-state index in [9.17, 15) is 22.4 Å². The zero-order chi connectivity index (χ0) is 30.3. The average molecular weight is 588 g/mol. The van der Waals surface area contributed by atoms with Gasteiger partial charge in [0.25, 0.3) is 5.56 Å². The van der Waals surface area contributed by atoms with Crippen LogP contribution in [0.1, 0.15) is 67.3 Å². The van der Waals surface area contributed by atoms with Crippen molar-refractivity contribution in [2.24, 2.45) is 0 Å². The van der Waals surface area contributed by atoms with Crippen LogP contribution in [0.25, 0.3) is 27.4 Å². The molecule has 0 radical (unpaired) electrons. The molecule has 0 fully saturated rings. The van der Waals surface area contributed by atoms with Gasteiger partial charge in [-0.15, -0.1) is 0 Å². The average Bonchev–Trinajstić information content (AvgIpc) is 3.23. The molecule has 2 N–H and O–H groups in total. The first-order chi connectivity index (χ1) is 19.9. The third kappa shape index (κ3) is 5.48. The van der Waals surface area contributed by atoms with E-state index in [1.807, 2.05) is 30.1 Å². The lowest BCUT2D eigenvalue weighted by Gasteiger charge is -2.17. The Bertz CT molecular complexity index is 2010. The number of benzene rings is 3. The topological polar surface area (TPSA) is 101 Å². The van der Waals surface area contributed by atoms with Crippen LogP contribution in [0, 0.1) is 12.7 Å². The van der Waals surface area contributed by atoms with Crippen LogP contribution in [0.5, 0.6) is 0 Å². The molecule has 0 saturated heterocycles. The number of carbonyl (C=O) groups is 1. The van der Waals surface area contributed by atoms with Crippen molar-refractivity contribution in [1.29, 1.82) is 0 Å². The molecule has 0 aliphatic rings. The highest BCUT2D eigenvalue weighted by molar-refractivity contribution is 7.89. The minimum absolute atomic E-state index is 0.109. The number of hydrogen-bond acceptors (Lipinski definition) is 4. The number of nitrogens with zero attached hydrogens (tertiary/aromatic N) is 1. The van der Waals surface area contributed by atoms with Crippen molar-refractivity contribution in [1.82, 2.24) is 14.3 Å². The van der Waals surface area contributed by atoms with Crippen LogP contribution in [0.15, 0.2) is 71.8 Å². The fourth-order valence-electron chi connectivity index (χ4n) is 5.84. The van der Waals surface area contributed by atoms with Crippen molar-refractivity contribution in [3.05, 3.63) is 111 Å². The van der Waals surface area contributed by atoms with Crippen LogP contribution >= 0.6 is 0 Å². The Morgan fingerprint density at radius 1 is 0.976 bits per heavy atom. The highest BCUT2D eigenvalue weighted by Gasteiger charge is 2.24. The van der Waals surface area contributed by atoms with Gasteiger partial charge in [-0.25, -0.2) is 12.8 Å². The maximum Gasteiger partial charge on any atom is 0.263 e. The molecule has 2 aromatic heterocycles. The highest BCUT2D eigenvalue weighted by atomic mass is 32.2. The number of carbonyl (C=O) groups excluding carboxylic acids is 1. The molecule has 3 aromatic carbocycles. The van der Waals surface area contributed by atoms with Crippen LogP contribution in [0.4, 0.5) is 4.39 Å². The lowest BCUT2D eigenvalue weighted by Crippen LogP contribution is -2.33. The molecule has 7 nitrogen and oxygen atoms in total. The normalized spacial score (nSPS) is 12.1. The third-order valence-corrected chi connectivity index (χ3v) is 8.80. The van der Waals surface area contributed by atoms with Crippen molar-refractivity contribution in [3.63, 3.8) is 0 Å². The van der Waals surface area contributed by atoms with Gasteiger partial charge in [-0.1, -0.05) is 64.1 Å². The molecule has 0 bridgehead atoms. The second-order valence-electron chi connectivity index (χ2n) is 11.4. The van der Waals surface area contributed by atoms with Crippen molar-refractivity contribution in [3.8, 4) is 5.69 Å². The van der Waals surface area contributed by atoms with Gasteiger partial charge in [0.15, 0.2) is 0 Å². The Labute approximate surface area is 244 Å². The summed E-state index contributed by atoms with van der Waals surface area (Å²) in [5.74, 6) is -1.55. The van der Waals surface area contributed by atoms with Crippen LogP contribution in [0.3, 0.4) is 0 Å². The van der Waals surface area contributed by atoms with E-state index >= 15 is 0 Å². The van der Waals surface area contributed by atoms with Crippen molar-refractivity contribution < 1.29 is 17.6 Å². The number of rotatable bonds is 8. The standard InChI is InChI=1S/C33H34FN3O4S/c1-19(2)29-24-10-8-14-35-32(24)30(20(3)4)25-17-37(33(39)31(25)29)27-13-12-22(15-21(27)5)18-42(40,41)36-28(38)16-23-9-6-7-11-26(23)34/h6-15,17,19-20,35H,16,18H2,1-5H3,(H,36,38). The van der Waals surface area contributed by atoms with Gasteiger partial charge in [0, 0.05) is 28.7 Å². The summed E-state index contributed by atoms with van der Waals surface area (Å²) in [6.07, 6.45) is 3.40. The zero-order valence-electron chi connectivity index (χ0n) is 24.3. The molecule has 1 amide bonds. The number of aryl methyl sites for hydroxylation is 1. The van der Waals surface area contributed by atoms with E-state index in [0.717, 1.165) is 27.4 Å². The van der Waals surface area contributed by atoms with Crippen molar-refractivity contribution in [2.75, 3.05) is 0 Å². The van der Waals surface area contributed by atoms with Gasteiger partial charge >= 0.3 is 0 Å². The summed E-state index contributed by atoms with van der Waals surface area (Å²) in [6.45, 7) is 10.2. The predicted octanol–water partition coefficient (Wildman–Crippen LogP) is 6.36. The first-order valence-electron chi connectivity index (χ1n) is 13.9. The van der Waals surface area contributed by atoms with Gasteiger partial charge in [-0.05, 0) is 64.8 Å². The summed E-state index contributed by atoms with van der Waals surface area (Å²) in [6, 6.07) is 14.8. The first kappa shape index (κ1) is 29.3. The Morgan fingerprint density at radius 3 is 2.36 bits per heavy atom. The van der Waals surface area contributed by atoms with Gasteiger partial charge in [0.2, 0.25) is 15.9 Å². The summed E-state index contributed by atoms with van der Waals surface area (Å²) >= 11 is 0. The fourth-order valence-corrected chi connectivity index (χ4v) is 6.95. The molecule has 0 spiro atoms. The molecule has 5 rings (SSSR count). The molecule has 2 heterocycles. The molecule has 0 atom stereocenters. The third-order valence-electron chi connectivity index (χ3n) is 7.55. The molecular formula is C33H34FN3O4S. The van der Waals surface area contributed by atoms with E-state index in [-0.39, 0.29) is 29.4 Å². The van der Waals surface area contributed by atoms with Gasteiger partial charge in [0.1, 0.15) is 5.82 Å². The van der Waals surface area contributed by atoms with E-state index in [0.29, 0.717) is 22.2 Å². The van der Waals surface area contributed by atoms with Gasteiger partial charge in [0.05, 0.1) is 23.2 Å². The number of H-pyrrole nitrogens is 1. The minimum Gasteiger partial charge on any atom is -0.361 e. The first-order valence-corrected chi connectivity index (χ1v) is 15.6. The SMILES string of the molecule is Cc1cc(CS(=O)(=O)NC(=O)Cc2ccccc2F)ccc1-n1cc2c(C(C)C)c3[nH]cccc3c(C(C)C)c2c1=O. The zero-order valence-corrected chi connectivity index (χ0v) is 25.1. The molecule has 218 valence electrons. The number of halogens is 1. The number of fused-ring (bicyclic) bond motifs is 2. The van der Waals surface area contributed by atoms with Crippen LogP contribution < -0.4 is 10.3 Å². The van der Waals surface area contributed by atoms with Crippen LogP contribution in [0.2, 0.25) is 0 Å². The number of hydrogen-bond donors (Lipinski definition) is 2. The van der Waals surface area contributed by atoms with Crippen LogP contribution in [-0.4, -0.2) is 23.9 Å². The highest BCUT2D eigenvalue weighted by Crippen LogP contribution is 2.38. The van der Waals surface area contributed by atoms with Gasteiger partial charge in [-0.3, -0.25) is 18.9 Å². The summed E-state index contributed by atoms with van der Waals surface area (Å²) in [7, 11) is -4.04. The quantitative estimate of drug-likeness (QED) is 0.221. The summed E-state index contributed by atoms with van der Waals surface area (Å²) < 4.78 is 43.1. The van der Waals surface area contributed by atoms with Crippen LogP contribution in [-0.2, 0) is 27.0 Å². The number of aromatic amines is 1. The van der Waals surface area contributed by atoms with E-state index in [4.69, 9.17) is 0 Å². The molecule has 9 heteroatoms. The van der Waals surface area contributed by atoms with Gasteiger partial charge < -0.3 is 4.98 Å². The Balaban J connectivity index is 1.50. The number of pyridine rings is 1. The summed E-state index contributed by atoms with van der Waals surface area (Å²) in [4.78, 5) is 29.8. The summed E-state index contributed by atoms with van der Waals surface area (Å²) in [5, 5.41) is 2.63. The maximum atomic E-state index is 14.0. The maximum absolute atomic E-state index is 14.0. The van der Waals surface area contributed by atoms with E-state index in [2.05, 4.69) is 38.7 Å². The van der Waals surface area contributed by atoms with Gasteiger partial charge in [-0.2, -0.15) is 0 Å². The Morgan fingerprint density at radius 2 is 1.69 bits per heavy atom. The lowest BCUT2D eigenvalue weighted by atomic mass is 9.87. The molecule has 0 unspecified atom stereocenters. The number of aromatic nitrogens is 2. The molecule has 0 saturated carbocycles. The monoisotopic (exact) mass is 587 g/mol. The van der Waals surface area contributed by atoms with Crippen molar-refractivity contribution >= 4 is 37.6 Å². The molecule has 0 aliphatic heterocycles. The fraction of sp³-hybridized carbons (Fsp3) is 0.273. The number of nitrogens with one attached hydrogen (secondary N) is 2. The molecular weight excluding hydrogens is 553 g/mol. The predicted molar refractivity (Wildman–Crippen MR) is 165 cm³/mol. The molecule has 5 aromatic rings. The minimum atomic E-state index is -4.04. The second kappa shape index (κ2) is 11.2. The Kier molecular flexibility index (Phi) is 7.81. The largest absolute Gasteiger partial charge is 0.361 e. The smallest absolute Gasteiger partial charge is 0.263 e.